The van der Waals surface area contributed by atoms with Crippen molar-refractivity contribution >= 4 is 23.2 Å². The van der Waals surface area contributed by atoms with Gasteiger partial charge in [-0.15, -0.1) is 0 Å². The summed E-state index contributed by atoms with van der Waals surface area (Å²) in [5.41, 5.74) is 4.05. The average Bonchev–Trinajstić information content (AvgIpc) is 2.84. The van der Waals surface area contributed by atoms with Gasteiger partial charge in [0.15, 0.2) is 6.10 Å². The second kappa shape index (κ2) is 10.1. The molecule has 2 aliphatic rings. The van der Waals surface area contributed by atoms with E-state index < -0.39 is 6.10 Å². The number of carbonyl (C=O) groups is 2. The molecule has 0 bridgehead atoms. The van der Waals surface area contributed by atoms with E-state index in [0.29, 0.717) is 12.3 Å². The Bertz CT molecular complexity index is 946. The van der Waals surface area contributed by atoms with Crippen LogP contribution in [0.1, 0.15) is 44.2 Å². The number of fused-ring (bicyclic) bond motifs is 1. The molecule has 32 heavy (non-hydrogen) atoms. The summed E-state index contributed by atoms with van der Waals surface area (Å²) in [4.78, 5) is 30.1. The van der Waals surface area contributed by atoms with Crippen LogP contribution in [0.4, 0.5) is 11.4 Å². The zero-order valence-electron chi connectivity index (χ0n) is 19.1. The number of piperidine rings is 1. The smallest absolute Gasteiger partial charge is 0.265 e. The summed E-state index contributed by atoms with van der Waals surface area (Å²) in [6, 6.07) is 13.8. The molecule has 0 aliphatic carbocycles. The fourth-order valence-corrected chi connectivity index (χ4v) is 4.66. The lowest BCUT2D eigenvalue weighted by atomic mass is 10.0. The van der Waals surface area contributed by atoms with Crippen LogP contribution >= 0.6 is 0 Å². The number of hydrogen-bond donors (Lipinski definition) is 1. The predicted molar refractivity (Wildman–Crippen MR) is 127 cm³/mol. The van der Waals surface area contributed by atoms with Crippen molar-refractivity contribution in [1.29, 1.82) is 0 Å². The quantitative estimate of drug-likeness (QED) is 0.744. The number of ether oxygens (including phenoxy) is 1. The van der Waals surface area contributed by atoms with Crippen molar-refractivity contribution < 1.29 is 14.3 Å². The van der Waals surface area contributed by atoms with Crippen LogP contribution in [0, 0.1) is 0 Å². The van der Waals surface area contributed by atoms with Crippen LogP contribution in [0.2, 0.25) is 0 Å². The molecule has 2 amide bonds. The molecule has 1 saturated heterocycles. The molecule has 170 valence electrons. The van der Waals surface area contributed by atoms with E-state index in [1.807, 2.05) is 40.1 Å². The number of hydrogen-bond acceptors (Lipinski definition) is 4. The highest BCUT2D eigenvalue weighted by molar-refractivity contribution is 5.96. The largest absolute Gasteiger partial charge is 0.477 e. The second-order valence-electron chi connectivity index (χ2n) is 8.55. The molecule has 2 aromatic rings. The first-order valence-electron chi connectivity index (χ1n) is 11.8. The number of amides is 2. The lowest BCUT2D eigenvalue weighted by Gasteiger charge is -2.38. The Morgan fingerprint density at radius 3 is 2.34 bits per heavy atom. The highest BCUT2D eigenvalue weighted by Crippen LogP contribution is 2.34. The van der Waals surface area contributed by atoms with Crippen LogP contribution < -0.4 is 15.0 Å². The first-order chi connectivity index (χ1) is 15.6. The highest BCUT2D eigenvalue weighted by atomic mass is 16.5. The Balaban J connectivity index is 1.52. The van der Waals surface area contributed by atoms with E-state index in [0.717, 1.165) is 61.3 Å². The summed E-state index contributed by atoms with van der Waals surface area (Å²) in [7, 11) is 0. The first-order valence-corrected chi connectivity index (χ1v) is 11.8. The van der Waals surface area contributed by atoms with Crippen LogP contribution in [0.15, 0.2) is 42.5 Å². The lowest BCUT2D eigenvalue weighted by molar-refractivity contribution is -0.139. The Morgan fingerprint density at radius 1 is 0.969 bits per heavy atom. The minimum absolute atomic E-state index is 0.0224. The van der Waals surface area contributed by atoms with E-state index in [2.05, 4.69) is 31.3 Å². The molecule has 0 aromatic heterocycles. The third kappa shape index (κ3) is 4.74. The van der Waals surface area contributed by atoms with E-state index in [1.165, 1.54) is 6.42 Å². The van der Waals surface area contributed by atoms with Crippen LogP contribution in [-0.4, -0.2) is 49.0 Å². The summed E-state index contributed by atoms with van der Waals surface area (Å²) in [5, 5.41) is 3.15. The van der Waals surface area contributed by atoms with Gasteiger partial charge in [0.1, 0.15) is 5.75 Å². The molecular weight excluding hydrogens is 402 g/mol. The van der Waals surface area contributed by atoms with Crippen molar-refractivity contribution in [2.75, 3.05) is 36.4 Å². The number of likely N-dealkylation sites (tertiary alicyclic amines) is 1. The predicted octanol–water partition coefficient (Wildman–Crippen LogP) is 4.03. The van der Waals surface area contributed by atoms with Crippen molar-refractivity contribution in [3.8, 4) is 5.75 Å². The van der Waals surface area contributed by atoms with Crippen LogP contribution in [0.25, 0.3) is 0 Å². The SMILES string of the molecule is CCc1cccc(CC)c1NC(=O)CN1C[C@@H](C(=O)N2CCCCC2)Oc2ccccc21. The molecule has 1 N–H and O–H groups in total. The van der Waals surface area contributed by atoms with E-state index >= 15 is 0 Å². The van der Waals surface area contributed by atoms with Crippen molar-refractivity contribution in [3.05, 3.63) is 53.6 Å². The molecule has 2 aromatic carbocycles. The molecule has 0 unspecified atom stereocenters. The van der Waals surface area contributed by atoms with Crippen molar-refractivity contribution in [3.63, 3.8) is 0 Å². The number of benzene rings is 2. The number of para-hydroxylation sites is 3. The Morgan fingerprint density at radius 2 is 1.66 bits per heavy atom. The maximum atomic E-state index is 13.1. The van der Waals surface area contributed by atoms with E-state index in [-0.39, 0.29) is 18.4 Å². The Kier molecular flexibility index (Phi) is 6.98. The van der Waals surface area contributed by atoms with E-state index in [4.69, 9.17) is 4.74 Å². The summed E-state index contributed by atoms with van der Waals surface area (Å²) < 4.78 is 6.09. The van der Waals surface area contributed by atoms with Gasteiger partial charge in [-0.1, -0.05) is 44.2 Å². The summed E-state index contributed by atoms with van der Waals surface area (Å²) in [5.74, 6) is 0.598. The maximum Gasteiger partial charge on any atom is 0.265 e. The molecule has 4 rings (SSSR count). The molecular formula is C26H33N3O3. The Labute approximate surface area is 190 Å². The third-order valence-corrected chi connectivity index (χ3v) is 6.40. The van der Waals surface area contributed by atoms with Gasteiger partial charge in [-0.05, 0) is 55.4 Å². The molecule has 6 heteroatoms. The van der Waals surface area contributed by atoms with Gasteiger partial charge in [-0.25, -0.2) is 0 Å². The fourth-order valence-electron chi connectivity index (χ4n) is 4.66. The van der Waals surface area contributed by atoms with Gasteiger partial charge in [-0.3, -0.25) is 9.59 Å². The minimum Gasteiger partial charge on any atom is -0.477 e. The summed E-state index contributed by atoms with van der Waals surface area (Å²) in [6.45, 7) is 6.31. The van der Waals surface area contributed by atoms with Crippen LogP contribution in [-0.2, 0) is 22.4 Å². The number of rotatable bonds is 6. The second-order valence-corrected chi connectivity index (χ2v) is 8.55. The van der Waals surface area contributed by atoms with E-state index in [1.54, 1.807) is 0 Å². The maximum absolute atomic E-state index is 13.1. The normalized spacial score (nSPS) is 18.0. The number of nitrogens with zero attached hydrogens (tertiary/aromatic N) is 2. The molecule has 0 radical (unpaired) electrons. The van der Waals surface area contributed by atoms with Gasteiger partial charge in [0.05, 0.1) is 18.8 Å². The first kappa shape index (κ1) is 22.2. The average molecular weight is 436 g/mol. The molecule has 6 nitrogen and oxygen atoms in total. The molecule has 0 spiro atoms. The number of anilines is 2. The molecule has 2 heterocycles. The monoisotopic (exact) mass is 435 g/mol. The van der Waals surface area contributed by atoms with Gasteiger partial charge >= 0.3 is 0 Å². The third-order valence-electron chi connectivity index (χ3n) is 6.40. The van der Waals surface area contributed by atoms with Gasteiger partial charge in [0.25, 0.3) is 5.91 Å². The molecule has 0 saturated carbocycles. The van der Waals surface area contributed by atoms with Crippen LogP contribution in [0.3, 0.4) is 0 Å². The zero-order valence-corrected chi connectivity index (χ0v) is 19.1. The molecule has 2 aliphatic heterocycles. The van der Waals surface area contributed by atoms with Gasteiger partial charge in [0.2, 0.25) is 5.91 Å². The molecule has 1 atom stereocenters. The summed E-state index contributed by atoms with van der Waals surface area (Å²) in [6.07, 6.45) is 4.37. The molecule has 1 fully saturated rings. The standard InChI is InChI=1S/C26H33N3O3/c1-3-19-11-10-12-20(4-2)25(19)27-24(30)18-29-17-23(26(31)28-15-8-5-9-16-28)32-22-14-7-6-13-21(22)29/h6-7,10-14,23H,3-5,8-9,15-18H2,1-2H3,(H,27,30)/t23-/m0/s1. The van der Waals surface area contributed by atoms with Gasteiger partial charge < -0.3 is 19.9 Å². The lowest BCUT2D eigenvalue weighted by Crippen LogP contribution is -2.52. The topological polar surface area (TPSA) is 61.9 Å². The summed E-state index contributed by atoms with van der Waals surface area (Å²) >= 11 is 0. The van der Waals surface area contributed by atoms with Gasteiger partial charge in [-0.2, -0.15) is 0 Å². The van der Waals surface area contributed by atoms with Crippen LogP contribution in [0.5, 0.6) is 5.75 Å². The Hall–Kier alpha value is -3.02. The van der Waals surface area contributed by atoms with Gasteiger partial charge in [0, 0.05) is 18.8 Å². The van der Waals surface area contributed by atoms with Crippen molar-refractivity contribution in [2.24, 2.45) is 0 Å². The minimum atomic E-state index is -0.593. The fraction of sp³-hybridized carbons (Fsp3) is 0.462. The van der Waals surface area contributed by atoms with Crippen molar-refractivity contribution in [1.82, 2.24) is 4.90 Å². The zero-order chi connectivity index (χ0) is 22.5. The highest BCUT2D eigenvalue weighted by Gasteiger charge is 2.34. The number of carbonyl (C=O) groups excluding carboxylic acids is 2. The number of aryl methyl sites for hydroxylation is 2. The van der Waals surface area contributed by atoms with Crippen molar-refractivity contribution in [2.45, 2.75) is 52.1 Å². The van der Waals surface area contributed by atoms with E-state index in [9.17, 15) is 9.59 Å². The number of nitrogens with one attached hydrogen (secondary N) is 1.